The molecule has 2 bridgehead atoms. The van der Waals surface area contributed by atoms with Gasteiger partial charge in [0.2, 0.25) is 0 Å². The van der Waals surface area contributed by atoms with E-state index in [1.54, 1.807) is 17.6 Å². The lowest BCUT2D eigenvalue weighted by molar-refractivity contribution is 0.0717. The lowest BCUT2D eigenvalue weighted by Crippen LogP contribution is -2.55. The Morgan fingerprint density at radius 3 is 2.62 bits per heavy atom. The van der Waals surface area contributed by atoms with Crippen LogP contribution in [-0.2, 0) is 0 Å². The lowest BCUT2D eigenvalue weighted by atomic mass is 10.1. The second-order valence-corrected chi connectivity index (χ2v) is 7.24. The van der Waals surface area contributed by atoms with E-state index in [-0.39, 0.29) is 18.0 Å². The number of anilines is 1. The predicted molar refractivity (Wildman–Crippen MR) is 91.3 cm³/mol. The van der Waals surface area contributed by atoms with Gasteiger partial charge in [0, 0.05) is 30.6 Å². The largest absolute Gasteiger partial charge is 0.361 e. The number of nitrogens with zero attached hydrogens (tertiary/aromatic N) is 5. The highest BCUT2D eigenvalue weighted by Gasteiger charge is 2.42. The standard InChI is InChI=1S/C16H14ClN5OS/c17-14-9-24-15(20-14)16(23)21-7-12-3-4-13(8-21)22(12)11-2-1-10(5-18)19-6-11/h1-2,6,9,12-13H,3-4,7-8H2. The van der Waals surface area contributed by atoms with Crippen LogP contribution >= 0.6 is 22.9 Å². The van der Waals surface area contributed by atoms with E-state index in [0.717, 1.165) is 18.5 Å². The molecule has 1 amide bonds. The summed E-state index contributed by atoms with van der Waals surface area (Å²) in [5, 5.41) is 11.4. The number of nitriles is 1. The summed E-state index contributed by atoms with van der Waals surface area (Å²) in [6.07, 6.45) is 3.85. The number of carbonyl (C=O) groups excluding carboxylic acids is 1. The third kappa shape index (κ3) is 2.62. The summed E-state index contributed by atoms with van der Waals surface area (Å²) in [5.41, 5.74) is 1.44. The minimum atomic E-state index is -0.0404. The molecule has 2 unspecified atom stereocenters. The van der Waals surface area contributed by atoms with Gasteiger partial charge in [0.1, 0.15) is 16.9 Å². The summed E-state index contributed by atoms with van der Waals surface area (Å²) in [5.74, 6) is -0.0404. The number of fused-ring (bicyclic) bond motifs is 2. The fourth-order valence-electron chi connectivity index (χ4n) is 3.58. The number of likely N-dealkylation sites (tertiary alicyclic amines) is 1. The molecule has 2 aliphatic rings. The van der Waals surface area contributed by atoms with Gasteiger partial charge in [0.25, 0.3) is 5.91 Å². The van der Waals surface area contributed by atoms with Crippen molar-refractivity contribution in [2.45, 2.75) is 24.9 Å². The van der Waals surface area contributed by atoms with Gasteiger partial charge in [0.15, 0.2) is 5.01 Å². The molecule has 2 aliphatic heterocycles. The first kappa shape index (κ1) is 15.4. The number of aromatic nitrogens is 2. The van der Waals surface area contributed by atoms with Crippen LogP contribution in [0.15, 0.2) is 23.7 Å². The van der Waals surface area contributed by atoms with Crippen LogP contribution < -0.4 is 4.90 Å². The van der Waals surface area contributed by atoms with Crippen molar-refractivity contribution >= 4 is 34.5 Å². The van der Waals surface area contributed by atoms with E-state index in [1.807, 2.05) is 17.0 Å². The maximum Gasteiger partial charge on any atom is 0.283 e. The minimum absolute atomic E-state index is 0.0404. The Kier molecular flexibility index (Phi) is 3.87. The molecular weight excluding hydrogens is 346 g/mol. The Morgan fingerprint density at radius 1 is 1.33 bits per heavy atom. The van der Waals surface area contributed by atoms with Crippen LogP contribution in [-0.4, -0.2) is 45.9 Å². The van der Waals surface area contributed by atoms with Crippen molar-refractivity contribution in [2.75, 3.05) is 18.0 Å². The monoisotopic (exact) mass is 359 g/mol. The zero-order valence-electron chi connectivity index (χ0n) is 12.7. The topological polar surface area (TPSA) is 73.1 Å². The predicted octanol–water partition coefficient (Wildman–Crippen LogP) is 2.56. The molecule has 6 nitrogen and oxygen atoms in total. The number of hydrogen-bond acceptors (Lipinski definition) is 6. The molecule has 0 aromatic carbocycles. The molecule has 8 heteroatoms. The highest BCUT2D eigenvalue weighted by Crippen LogP contribution is 2.35. The molecule has 4 heterocycles. The van der Waals surface area contributed by atoms with Gasteiger partial charge in [-0.15, -0.1) is 11.3 Å². The number of thiazole rings is 1. The second-order valence-electron chi connectivity index (χ2n) is 5.99. The van der Waals surface area contributed by atoms with Crippen molar-refractivity contribution in [2.24, 2.45) is 0 Å². The van der Waals surface area contributed by atoms with Crippen molar-refractivity contribution in [3.8, 4) is 6.07 Å². The van der Waals surface area contributed by atoms with E-state index in [2.05, 4.69) is 14.9 Å². The van der Waals surface area contributed by atoms with Crippen LogP contribution in [0, 0.1) is 11.3 Å². The molecule has 24 heavy (non-hydrogen) atoms. The Bertz CT molecular complexity index is 801. The molecule has 4 rings (SSSR count). The van der Waals surface area contributed by atoms with Crippen LogP contribution in [0.4, 0.5) is 5.69 Å². The minimum Gasteiger partial charge on any atom is -0.361 e. The van der Waals surface area contributed by atoms with Crippen LogP contribution in [0.1, 0.15) is 28.3 Å². The third-order valence-corrected chi connectivity index (χ3v) is 5.74. The molecule has 0 saturated carbocycles. The summed E-state index contributed by atoms with van der Waals surface area (Å²) in [7, 11) is 0. The first-order valence-electron chi connectivity index (χ1n) is 7.70. The average molecular weight is 360 g/mol. The Balaban J connectivity index is 1.53. The highest BCUT2D eigenvalue weighted by molar-refractivity contribution is 7.12. The zero-order valence-corrected chi connectivity index (χ0v) is 14.3. The second kappa shape index (κ2) is 6.04. The molecule has 2 aromatic heterocycles. The van der Waals surface area contributed by atoms with Gasteiger partial charge in [-0.05, 0) is 25.0 Å². The molecule has 2 aromatic rings. The Morgan fingerprint density at radius 2 is 2.08 bits per heavy atom. The summed E-state index contributed by atoms with van der Waals surface area (Å²) in [6.45, 7) is 1.35. The maximum absolute atomic E-state index is 12.6. The van der Waals surface area contributed by atoms with Crippen LogP contribution in [0.5, 0.6) is 0 Å². The lowest BCUT2D eigenvalue weighted by Gasteiger charge is -2.42. The third-order valence-electron chi connectivity index (χ3n) is 4.59. The number of piperazine rings is 1. The van der Waals surface area contributed by atoms with Gasteiger partial charge in [-0.25, -0.2) is 9.97 Å². The first-order chi connectivity index (χ1) is 11.7. The molecule has 0 radical (unpaired) electrons. The van der Waals surface area contributed by atoms with Crippen LogP contribution in [0.2, 0.25) is 5.15 Å². The maximum atomic E-state index is 12.6. The fourth-order valence-corrected chi connectivity index (χ4v) is 4.49. The van der Waals surface area contributed by atoms with Gasteiger partial charge in [-0.1, -0.05) is 11.6 Å². The zero-order chi connectivity index (χ0) is 16.7. The Labute approximate surface area is 148 Å². The van der Waals surface area contributed by atoms with Crippen LogP contribution in [0.3, 0.4) is 0 Å². The van der Waals surface area contributed by atoms with E-state index < -0.39 is 0 Å². The van der Waals surface area contributed by atoms with E-state index in [0.29, 0.717) is 28.9 Å². The van der Waals surface area contributed by atoms with Gasteiger partial charge < -0.3 is 9.80 Å². The Hall–Kier alpha value is -2.17. The number of hydrogen-bond donors (Lipinski definition) is 0. The summed E-state index contributed by atoms with van der Waals surface area (Å²) < 4.78 is 0. The van der Waals surface area contributed by atoms with Crippen molar-refractivity contribution in [1.82, 2.24) is 14.9 Å². The molecule has 122 valence electrons. The van der Waals surface area contributed by atoms with E-state index in [9.17, 15) is 4.79 Å². The molecule has 2 saturated heterocycles. The summed E-state index contributed by atoms with van der Waals surface area (Å²) >= 11 is 7.12. The van der Waals surface area contributed by atoms with Crippen molar-refractivity contribution in [3.05, 3.63) is 39.6 Å². The summed E-state index contributed by atoms with van der Waals surface area (Å²) in [4.78, 5) is 25.1. The first-order valence-corrected chi connectivity index (χ1v) is 8.96. The smallest absolute Gasteiger partial charge is 0.283 e. The van der Waals surface area contributed by atoms with Gasteiger partial charge in [0.05, 0.1) is 11.9 Å². The van der Waals surface area contributed by atoms with E-state index in [1.165, 1.54) is 11.3 Å². The molecular formula is C16H14ClN5OS. The van der Waals surface area contributed by atoms with Crippen molar-refractivity contribution in [3.63, 3.8) is 0 Å². The van der Waals surface area contributed by atoms with Gasteiger partial charge >= 0.3 is 0 Å². The molecule has 0 spiro atoms. The average Bonchev–Trinajstić information content (AvgIpc) is 3.15. The normalized spacial score (nSPS) is 22.5. The number of halogens is 1. The van der Waals surface area contributed by atoms with E-state index in [4.69, 9.17) is 16.9 Å². The molecule has 0 aliphatic carbocycles. The van der Waals surface area contributed by atoms with E-state index >= 15 is 0 Å². The fraction of sp³-hybridized carbons (Fsp3) is 0.375. The highest BCUT2D eigenvalue weighted by atomic mass is 35.5. The van der Waals surface area contributed by atoms with Crippen LogP contribution in [0.25, 0.3) is 0 Å². The number of pyridine rings is 1. The van der Waals surface area contributed by atoms with Crippen molar-refractivity contribution < 1.29 is 4.79 Å². The molecule has 2 fully saturated rings. The number of rotatable bonds is 2. The molecule has 0 N–H and O–H groups in total. The van der Waals surface area contributed by atoms with Gasteiger partial charge in [-0.3, -0.25) is 4.79 Å². The number of amides is 1. The number of carbonyl (C=O) groups is 1. The van der Waals surface area contributed by atoms with Crippen molar-refractivity contribution in [1.29, 1.82) is 5.26 Å². The van der Waals surface area contributed by atoms with Gasteiger partial charge in [-0.2, -0.15) is 5.26 Å². The summed E-state index contributed by atoms with van der Waals surface area (Å²) in [6, 6.07) is 6.27. The quantitative estimate of drug-likeness (QED) is 0.823. The molecule has 2 atom stereocenters. The SMILES string of the molecule is N#Cc1ccc(N2C3CCC2CN(C(=O)c2nc(Cl)cs2)C3)cn1.